The van der Waals surface area contributed by atoms with E-state index in [-0.39, 0.29) is 0 Å². The van der Waals surface area contributed by atoms with Crippen LogP contribution in [0.1, 0.15) is 5.56 Å². The Morgan fingerprint density at radius 3 is 2.28 bits per heavy atom. The van der Waals surface area contributed by atoms with E-state index in [1.54, 1.807) is 0 Å². The van der Waals surface area contributed by atoms with E-state index in [1.807, 2.05) is 36.4 Å². The molecule has 0 spiro atoms. The van der Waals surface area contributed by atoms with Gasteiger partial charge in [-0.1, -0.05) is 54.5 Å². The fourth-order valence-electron chi connectivity index (χ4n) is 2.26. The molecule has 0 saturated heterocycles. The monoisotopic (exact) mass is 230 g/mol. The van der Waals surface area contributed by atoms with Gasteiger partial charge in [-0.2, -0.15) is 0 Å². The zero-order chi connectivity index (χ0) is 12.4. The minimum atomic E-state index is 0.629. The molecule has 1 nitrogen and oxygen atoms in total. The summed E-state index contributed by atoms with van der Waals surface area (Å²) in [5, 5.41) is 4.62. The number of hydrogen-bond donors (Lipinski definition) is 0. The first-order chi connectivity index (χ1) is 8.90. The van der Waals surface area contributed by atoms with Crippen molar-refractivity contribution in [2.75, 3.05) is 0 Å². The van der Waals surface area contributed by atoms with Crippen molar-refractivity contribution in [1.29, 1.82) is 0 Å². The van der Waals surface area contributed by atoms with Gasteiger partial charge >= 0.3 is 0 Å². The van der Waals surface area contributed by atoms with Crippen LogP contribution in [0.5, 0.6) is 0 Å². The largest absolute Gasteiger partial charge is 0.289 e. The van der Waals surface area contributed by atoms with Crippen molar-refractivity contribution in [3.05, 3.63) is 60.2 Å². The van der Waals surface area contributed by atoms with E-state index < -0.39 is 0 Å². The van der Waals surface area contributed by atoms with Gasteiger partial charge in [0.25, 0.3) is 0 Å². The molecule has 0 atom stereocenters. The summed E-state index contributed by atoms with van der Waals surface area (Å²) in [5.41, 5.74) is 0.899. The summed E-state index contributed by atoms with van der Waals surface area (Å²) in [6, 6.07) is 18.4. The molecule has 0 unspecified atom stereocenters. The lowest BCUT2D eigenvalue weighted by Gasteiger charge is -2.06. The lowest BCUT2D eigenvalue weighted by Crippen LogP contribution is -1.83. The van der Waals surface area contributed by atoms with Crippen molar-refractivity contribution in [3.63, 3.8) is 0 Å². The number of hydrogen-bond acceptors (Lipinski definition) is 1. The lowest BCUT2D eigenvalue weighted by atomic mass is 9.97. The Bertz CT molecular complexity index is 804. The van der Waals surface area contributed by atoms with Crippen LogP contribution in [-0.2, 0) is 4.79 Å². The molecule has 0 saturated carbocycles. The van der Waals surface area contributed by atoms with Crippen molar-refractivity contribution in [2.45, 2.75) is 0 Å². The Morgan fingerprint density at radius 1 is 0.833 bits per heavy atom. The molecule has 0 aliphatic heterocycles. The molecule has 0 amide bonds. The van der Waals surface area contributed by atoms with Gasteiger partial charge in [-0.05, 0) is 33.5 Å². The van der Waals surface area contributed by atoms with Crippen molar-refractivity contribution in [2.24, 2.45) is 0 Å². The molecule has 0 aliphatic rings. The van der Waals surface area contributed by atoms with Crippen LogP contribution < -0.4 is 0 Å². The highest BCUT2D eigenvalue weighted by molar-refractivity contribution is 6.10. The second-order valence-corrected chi connectivity index (χ2v) is 4.08. The summed E-state index contributed by atoms with van der Waals surface area (Å²) in [5.74, 6) is 5.40. The second-order valence-electron chi connectivity index (χ2n) is 4.08. The van der Waals surface area contributed by atoms with Gasteiger partial charge in [0, 0.05) is 5.56 Å². The first kappa shape index (κ1) is 10.6. The average Bonchev–Trinajstić information content (AvgIpc) is 2.45. The number of carbonyl (C=O) groups is 1. The Labute approximate surface area is 105 Å². The average molecular weight is 230 g/mol. The molecule has 0 fully saturated rings. The van der Waals surface area contributed by atoms with Crippen molar-refractivity contribution in [3.8, 4) is 11.8 Å². The molecule has 3 aromatic carbocycles. The molecule has 0 bridgehead atoms. The molecule has 84 valence electrons. The van der Waals surface area contributed by atoms with E-state index in [1.165, 1.54) is 10.8 Å². The standard InChI is InChI=1S/C17H10O/c18-11-5-7-14-12-13-6-1-2-8-15(13)17-10-4-3-9-16(14)17/h1-4,6,8-12H. The number of aldehydes is 1. The van der Waals surface area contributed by atoms with E-state index in [0.717, 1.165) is 16.3 Å². The Hall–Kier alpha value is -2.59. The van der Waals surface area contributed by atoms with E-state index >= 15 is 0 Å². The number of fused-ring (bicyclic) bond motifs is 3. The Balaban J connectivity index is 2.50. The number of carbonyl (C=O) groups excluding carboxylic acids is 1. The first-order valence-corrected chi connectivity index (χ1v) is 5.76. The number of benzene rings is 3. The fraction of sp³-hybridized carbons (Fsp3) is 0. The highest BCUT2D eigenvalue weighted by atomic mass is 16.1. The van der Waals surface area contributed by atoms with Crippen LogP contribution in [0, 0.1) is 11.8 Å². The van der Waals surface area contributed by atoms with E-state index in [4.69, 9.17) is 0 Å². The molecular formula is C17H10O. The van der Waals surface area contributed by atoms with Gasteiger partial charge in [-0.25, -0.2) is 0 Å². The second kappa shape index (κ2) is 4.35. The van der Waals surface area contributed by atoms with Crippen molar-refractivity contribution >= 4 is 27.8 Å². The van der Waals surface area contributed by atoms with Crippen LogP contribution in [0.2, 0.25) is 0 Å². The van der Waals surface area contributed by atoms with Crippen LogP contribution in [0.3, 0.4) is 0 Å². The van der Waals surface area contributed by atoms with Crippen LogP contribution in [0.4, 0.5) is 0 Å². The third-order valence-corrected chi connectivity index (χ3v) is 3.03. The minimum Gasteiger partial charge on any atom is -0.289 e. The minimum absolute atomic E-state index is 0.629. The predicted molar refractivity (Wildman–Crippen MR) is 74.4 cm³/mol. The zero-order valence-electron chi connectivity index (χ0n) is 9.68. The quantitative estimate of drug-likeness (QED) is 0.328. The molecule has 1 heteroatoms. The number of rotatable bonds is 0. The normalized spacial score (nSPS) is 10.0. The molecule has 3 rings (SSSR count). The summed E-state index contributed by atoms with van der Waals surface area (Å²) >= 11 is 0. The van der Waals surface area contributed by atoms with Crippen molar-refractivity contribution < 1.29 is 4.79 Å². The molecule has 18 heavy (non-hydrogen) atoms. The fourth-order valence-corrected chi connectivity index (χ4v) is 2.26. The molecule has 3 aromatic rings. The maximum atomic E-state index is 10.4. The highest BCUT2D eigenvalue weighted by Crippen LogP contribution is 2.27. The maximum Gasteiger partial charge on any atom is 0.193 e. The Kier molecular flexibility index (Phi) is 2.55. The molecule has 0 aromatic heterocycles. The van der Waals surface area contributed by atoms with Gasteiger partial charge in [-0.15, -0.1) is 0 Å². The Morgan fingerprint density at radius 2 is 1.50 bits per heavy atom. The lowest BCUT2D eigenvalue weighted by molar-refractivity contribution is -0.103. The van der Waals surface area contributed by atoms with Crippen LogP contribution >= 0.6 is 0 Å². The summed E-state index contributed by atoms with van der Waals surface area (Å²) in [7, 11) is 0. The van der Waals surface area contributed by atoms with Gasteiger partial charge in [-0.3, -0.25) is 4.79 Å². The maximum absolute atomic E-state index is 10.4. The third-order valence-electron chi connectivity index (χ3n) is 3.03. The highest BCUT2D eigenvalue weighted by Gasteiger charge is 2.03. The van der Waals surface area contributed by atoms with Crippen molar-refractivity contribution in [1.82, 2.24) is 0 Å². The summed E-state index contributed by atoms with van der Waals surface area (Å²) in [6.07, 6.45) is 0.629. The summed E-state index contributed by atoms with van der Waals surface area (Å²) in [4.78, 5) is 10.4. The molecule has 0 heterocycles. The van der Waals surface area contributed by atoms with Crippen LogP contribution in [0.25, 0.3) is 21.5 Å². The van der Waals surface area contributed by atoms with Gasteiger partial charge in [0.15, 0.2) is 6.29 Å². The first-order valence-electron chi connectivity index (χ1n) is 5.76. The van der Waals surface area contributed by atoms with Gasteiger partial charge in [0.2, 0.25) is 0 Å². The molecule has 0 N–H and O–H groups in total. The summed E-state index contributed by atoms with van der Waals surface area (Å²) in [6.45, 7) is 0. The summed E-state index contributed by atoms with van der Waals surface area (Å²) < 4.78 is 0. The van der Waals surface area contributed by atoms with Crippen LogP contribution in [0.15, 0.2) is 54.6 Å². The van der Waals surface area contributed by atoms with Gasteiger partial charge in [0.05, 0.1) is 0 Å². The molecule has 0 aliphatic carbocycles. The molecule has 0 radical (unpaired) electrons. The van der Waals surface area contributed by atoms with E-state index in [0.29, 0.717) is 6.29 Å². The van der Waals surface area contributed by atoms with E-state index in [9.17, 15) is 4.79 Å². The van der Waals surface area contributed by atoms with Gasteiger partial charge < -0.3 is 0 Å². The molecular weight excluding hydrogens is 220 g/mol. The SMILES string of the molecule is O=CC#Cc1cc2ccccc2c2ccccc12. The van der Waals surface area contributed by atoms with Gasteiger partial charge in [0.1, 0.15) is 0 Å². The zero-order valence-corrected chi connectivity index (χ0v) is 9.68. The van der Waals surface area contributed by atoms with Crippen LogP contribution in [-0.4, -0.2) is 6.29 Å². The predicted octanol–water partition coefficient (Wildman–Crippen LogP) is 3.54. The third kappa shape index (κ3) is 1.65. The smallest absolute Gasteiger partial charge is 0.193 e. The van der Waals surface area contributed by atoms with E-state index in [2.05, 4.69) is 30.0 Å². The topological polar surface area (TPSA) is 17.1 Å².